The Morgan fingerprint density at radius 1 is 1.05 bits per heavy atom. The first-order valence-electron chi connectivity index (χ1n) is 5.74. The second-order valence-corrected chi connectivity index (χ2v) is 7.25. The molecule has 0 spiro atoms. The van der Waals surface area contributed by atoms with Crippen molar-refractivity contribution in [2.45, 2.75) is 11.8 Å². The molecule has 0 saturated carbocycles. The highest BCUT2D eigenvalue weighted by Gasteiger charge is 2.22. The van der Waals surface area contributed by atoms with Gasteiger partial charge in [-0.15, -0.1) is 0 Å². The third-order valence-corrected chi connectivity index (χ3v) is 5.28. The van der Waals surface area contributed by atoms with Gasteiger partial charge in [0.25, 0.3) is 10.0 Å². The minimum Gasteiger partial charge on any atom is -0.398 e. The van der Waals surface area contributed by atoms with Gasteiger partial charge >= 0.3 is 0 Å². The van der Waals surface area contributed by atoms with Gasteiger partial charge in [0.2, 0.25) is 0 Å². The van der Waals surface area contributed by atoms with Gasteiger partial charge in [-0.2, -0.15) is 0 Å². The predicted octanol–water partition coefficient (Wildman–Crippen LogP) is 4.34. The molecule has 0 aliphatic carbocycles. The van der Waals surface area contributed by atoms with E-state index in [1.54, 1.807) is 12.1 Å². The maximum Gasteiger partial charge on any atom is 0.264 e. The van der Waals surface area contributed by atoms with Crippen molar-refractivity contribution in [1.29, 1.82) is 0 Å². The monoisotopic (exact) mass is 364 g/mol. The first-order chi connectivity index (χ1) is 9.70. The summed E-state index contributed by atoms with van der Waals surface area (Å²) in [5, 5.41) is 0.142. The van der Waals surface area contributed by atoms with Crippen LogP contribution in [0.4, 0.5) is 11.4 Å². The molecule has 112 valence electrons. The average molecular weight is 366 g/mol. The van der Waals surface area contributed by atoms with Crippen molar-refractivity contribution in [2.24, 2.45) is 0 Å². The minimum absolute atomic E-state index is 0.0555. The van der Waals surface area contributed by atoms with E-state index in [1.165, 1.54) is 18.2 Å². The van der Waals surface area contributed by atoms with Gasteiger partial charge in [-0.1, -0.05) is 40.9 Å². The number of sulfonamides is 1. The first-order valence-corrected chi connectivity index (χ1v) is 8.36. The zero-order valence-electron chi connectivity index (χ0n) is 10.8. The Hall–Kier alpha value is -1.14. The summed E-state index contributed by atoms with van der Waals surface area (Å²) in [5.74, 6) is 0. The van der Waals surface area contributed by atoms with Crippen LogP contribution in [0.3, 0.4) is 0 Å². The van der Waals surface area contributed by atoms with Crippen LogP contribution >= 0.6 is 34.8 Å². The largest absolute Gasteiger partial charge is 0.398 e. The highest BCUT2D eigenvalue weighted by Crippen LogP contribution is 2.34. The number of nitrogens with two attached hydrogens (primary N) is 1. The third kappa shape index (κ3) is 3.55. The molecule has 0 radical (unpaired) electrons. The maximum atomic E-state index is 12.4. The number of halogens is 3. The fraction of sp³-hybridized carbons (Fsp3) is 0.0769. The molecule has 0 amide bonds. The average Bonchev–Trinajstić information content (AvgIpc) is 2.31. The molecule has 0 unspecified atom stereocenters. The summed E-state index contributed by atoms with van der Waals surface area (Å²) >= 11 is 17.6. The number of anilines is 2. The summed E-state index contributed by atoms with van der Waals surface area (Å²) < 4.78 is 27.2. The molecule has 2 aromatic rings. The first kappa shape index (κ1) is 16.2. The topological polar surface area (TPSA) is 72.2 Å². The molecule has 0 bridgehead atoms. The Morgan fingerprint density at radius 3 is 2.14 bits per heavy atom. The molecule has 0 aromatic heterocycles. The van der Waals surface area contributed by atoms with E-state index in [1.807, 2.05) is 6.92 Å². The van der Waals surface area contributed by atoms with Crippen molar-refractivity contribution in [3.8, 4) is 0 Å². The van der Waals surface area contributed by atoms with E-state index in [-0.39, 0.29) is 20.0 Å². The van der Waals surface area contributed by atoms with Gasteiger partial charge in [-0.3, -0.25) is 4.72 Å². The van der Waals surface area contributed by atoms with Crippen LogP contribution in [-0.2, 0) is 10.0 Å². The van der Waals surface area contributed by atoms with Crippen LogP contribution in [0, 0.1) is 6.92 Å². The van der Waals surface area contributed by atoms with E-state index in [0.29, 0.717) is 11.4 Å². The quantitative estimate of drug-likeness (QED) is 0.795. The van der Waals surface area contributed by atoms with Gasteiger partial charge in [0.05, 0.1) is 15.7 Å². The van der Waals surface area contributed by atoms with Crippen LogP contribution in [0.5, 0.6) is 0 Å². The lowest BCUT2D eigenvalue weighted by Gasteiger charge is -2.12. The molecule has 21 heavy (non-hydrogen) atoms. The third-order valence-electron chi connectivity index (χ3n) is 2.76. The van der Waals surface area contributed by atoms with E-state index in [4.69, 9.17) is 40.5 Å². The summed E-state index contributed by atoms with van der Waals surface area (Å²) in [6.07, 6.45) is 0. The number of hydrogen-bond donors (Lipinski definition) is 2. The van der Waals surface area contributed by atoms with Crippen molar-refractivity contribution in [2.75, 3.05) is 10.5 Å². The summed E-state index contributed by atoms with van der Waals surface area (Å²) in [4.78, 5) is -0.227. The van der Waals surface area contributed by atoms with Crippen molar-refractivity contribution >= 4 is 56.2 Å². The lowest BCUT2D eigenvalue weighted by molar-refractivity contribution is 0.601. The van der Waals surface area contributed by atoms with Gasteiger partial charge in [0, 0.05) is 10.7 Å². The highest BCUT2D eigenvalue weighted by molar-refractivity contribution is 7.93. The van der Waals surface area contributed by atoms with Crippen molar-refractivity contribution < 1.29 is 8.42 Å². The Balaban J connectivity index is 2.46. The van der Waals surface area contributed by atoms with Crippen molar-refractivity contribution in [3.05, 3.63) is 51.0 Å². The standard InChI is InChI=1S/C13H11Cl3N2O2S/c1-7-2-3-9(6-12(7)17)18-21(19,20)13-10(15)4-8(14)5-11(13)16/h2-6,18H,17H2,1H3. The molecule has 0 aliphatic heterocycles. The van der Waals surface area contributed by atoms with Crippen LogP contribution in [0.25, 0.3) is 0 Å². The molecular formula is C13H11Cl3N2O2S. The van der Waals surface area contributed by atoms with Crippen LogP contribution in [-0.4, -0.2) is 8.42 Å². The predicted molar refractivity (Wildman–Crippen MR) is 87.9 cm³/mol. The normalized spacial score (nSPS) is 11.4. The zero-order chi connectivity index (χ0) is 15.8. The molecule has 0 aliphatic rings. The Morgan fingerprint density at radius 2 is 1.62 bits per heavy atom. The van der Waals surface area contributed by atoms with Gasteiger partial charge < -0.3 is 5.73 Å². The Bertz CT molecular complexity index is 784. The molecule has 8 heteroatoms. The van der Waals surface area contributed by atoms with Crippen LogP contribution < -0.4 is 10.5 Å². The molecule has 4 nitrogen and oxygen atoms in total. The second-order valence-electron chi connectivity index (χ2n) is 4.38. The van der Waals surface area contributed by atoms with E-state index in [9.17, 15) is 8.42 Å². The molecule has 3 N–H and O–H groups in total. The number of nitrogens with one attached hydrogen (secondary N) is 1. The number of rotatable bonds is 3. The van der Waals surface area contributed by atoms with Gasteiger partial charge in [-0.25, -0.2) is 8.42 Å². The van der Waals surface area contributed by atoms with Gasteiger partial charge in [0.1, 0.15) is 4.90 Å². The summed E-state index contributed by atoms with van der Waals surface area (Å²) in [5.41, 5.74) is 7.40. The lowest BCUT2D eigenvalue weighted by Crippen LogP contribution is -2.14. The number of hydrogen-bond acceptors (Lipinski definition) is 3. The van der Waals surface area contributed by atoms with Gasteiger partial charge in [-0.05, 0) is 36.8 Å². The molecule has 0 fully saturated rings. The molecule has 0 heterocycles. The van der Waals surface area contributed by atoms with Crippen molar-refractivity contribution in [1.82, 2.24) is 0 Å². The molecule has 2 rings (SSSR count). The van der Waals surface area contributed by atoms with E-state index in [0.717, 1.165) is 5.56 Å². The molecular weight excluding hydrogens is 355 g/mol. The zero-order valence-corrected chi connectivity index (χ0v) is 13.9. The SMILES string of the molecule is Cc1ccc(NS(=O)(=O)c2c(Cl)cc(Cl)cc2Cl)cc1N. The smallest absolute Gasteiger partial charge is 0.264 e. The van der Waals surface area contributed by atoms with Gasteiger partial charge in [0.15, 0.2) is 0 Å². The van der Waals surface area contributed by atoms with Crippen LogP contribution in [0.2, 0.25) is 15.1 Å². The summed E-state index contributed by atoms with van der Waals surface area (Å²) in [7, 11) is -3.95. The fourth-order valence-corrected chi connectivity index (χ4v) is 4.29. The molecule has 2 aromatic carbocycles. The number of aryl methyl sites for hydroxylation is 1. The molecule has 0 atom stereocenters. The number of nitrogen functional groups attached to an aromatic ring is 1. The van der Waals surface area contributed by atoms with E-state index >= 15 is 0 Å². The van der Waals surface area contributed by atoms with E-state index < -0.39 is 10.0 Å². The Kier molecular flexibility index (Phi) is 4.58. The summed E-state index contributed by atoms with van der Waals surface area (Å²) in [6, 6.07) is 7.45. The lowest BCUT2D eigenvalue weighted by atomic mass is 10.2. The van der Waals surface area contributed by atoms with Crippen LogP contribution in [0.1, 0.15) is 5.56 Å². The molecule has 0 saturated heterocycles. The van der Waals surface area contributed by atoms with Crippen molar-refractivity contribution in [3.63, 3.8) is 0 Å². The minimum atomic E-state index is -3.95. The maximum absolute atomic E-state index is 12.4. The number of benzene rings is 2. The van der Waals surface area contributed by atoms with E-state index in [2.05, 4.69) is 4.72 Å². The fourth-order valence-electron chi connectivity index (χ4n) is 1.70. The van der Waals surface area contributed by atoms with Crippen LogP contribution in [0.15, 0.2) is 35.2 Å². The summed E-state index contributed by atoms with van der Waals surface area (Å²) in [6.45, 7) is 1.82. The highest BCUT2D eigenvalue weighted by atomic mass is 35.5. The second kappa shape index (κ2) is 5.93. The Labute approximate surface area is 137 Å².